The van der Waals surface area contributed by atoms with Gasteiger partial charge in [-0.05, 0) is 66.6 Å². The van der Waals surface area contributed by atoms with Crippen molar-refractivity contribution in [3.8, 4) is 0 Å². The van der Waals surface area contributed by atoms with Crippen LogP contribution in [-0.2, 0) is 14.0 Å². The first-order valence-electron chi connectivity index (χ1n) is 13.8. The Morgan fingerprint density at radius 3 is 2.08 bits per heavy atom. The van der Waals surface area contributed by atoms with Crippen LogP contribution in [0.1, 0.15) is 89.4 Å². The highest BCUT2D eigenvalue weighted by atomic mass is 28.4. The van der Waals surface area contributed by atoms with Crippen LogP contribution in [0.4, 0.5) is 0 Å². The first-order valence-corrected chi connectivity index (χ1v) is 16.8. The van der Waals surface area contributed by atoms with Crippen LogP contribution in [0.15, 0.2) is 78.9 Å². The summed E-state index contributed by atoms with van der Waals surface area (Å²) in [6.07, 6.45) is 15.0. The summed E-state index contributed by atoms with van der Waals surface area (Å²) in [5.41, 5.74) is 3.75. The van der Waals surface area contributed by atoms with E-state index in [2.05, 4.69) is 113 Å². The Labute approximate surface area is 227 Å². The average Bonchev–Trinajstić information content (AvgIpc) is 2.88. The van der Waals surface area contributed by atoms with Crippen molar-refractivity contribution in [1.82, 2.24) is 0 Å². The molecule has 0 aliphatic rings. The van der Waals surface area contributed by atoms with Crippen LogP contribution in [0, 0.1) is 0 Å². The van der Waals surface area contributed by atoms with E-state index in [-0.39, 0.29) is 17.1 Å². The highest BCUT2D eigenvalue weighted by Gasteiger charge is 2.39. The van der Waals surface area contributed by atoms with Gasteiger partial charge in [-0.3, -0.25) is 4.79 Å². The number of hydrogen-bond acceptors (Lipinski definition) is 3. The van der Waals surface area contributed by atoms with Gasteiger partial charge >= 0.3 is 5.97 Å². The van der Waals surface area contributed by atoms with Gasteiger partial charge in [0.15, 0.2) is 8.32 Å². The molecule has 0 heterocycles. The number of carbonyl (C=O) groups excluding carboxylic acids is 1. The van der Waals surface area contributed by atoms with Crippen molar-refractivity contribution in [1.29, 1.82) is 0 Å². The lowest BCUT2D eigenvalue weighted by molar-refractivity contribution is -0.140. The van der Waals surface area contributed by atoms with Gasteiger partial charge in [0.2, 0.25) is 0 Å². The van der Waals surface area contributed by atoms with Crippen LogP contribution >= 0.6 is 0 Å². The monoisotopic (exact) mass is 520 g/mol. The van der Waals surface area contributed by atoms with E-state index >= 15 is 0 Å². The van der Waals surface area contributed by atoms with Crippen LogP contribution < -0.4 is 0 Å². The Hall–Kier alpha value is -2.43. The molecule has 2 aromatic rings. The molecule has 0 bridgehead atoms. The van der Waals surface area contributed by atoms with E-state index in [0.29, 0.717) is 6.42 Å². The molecule has 0 aliphatic carbocycles. The Bertz CT molecular complexity index is 972. The van der Waals surface area contributed by atoms with Gasteiger partial charge in [-0.2, -0.15) is 0 Å². The molecule has 202 valence electrons. The Morgan fingerprint density at radius 1 is 0.865 bits per heavy atom. The normalized spacial score (nSPS) is 13.6. The number of unbranched alkanes of at least 4 members (excludes halogenated alkanes) is 5. The number of methoxy groups -OCH3 is 1. The summed E-state index contributed by atoms with van der Waals surface area (Å²) in [5, 5.41) is 0.139. The summed E-state index contributed by atoms with van der Waals surface area (Å²) >= 11 is 0. The first-order chi connectivity index (χ1) is 17.6. The molecule has 0 radical (unpaired) electrons. The molecule has 0 spiro atoms. The van der Waals surface area contributed by atoms with E-state index < -0.39 is 8.32 Å². The summed E-state index contributed by atoms with van der Waals surface area (Å²) in [7, 11) is -0.524. The molecule has 2 aromatic carbocycles. The van der Waals surface area contributed by atoms with Gasteiger partial charge in [0.1, 0.15) is 0 Å². The molecule has 0 aromatic heterocycles. The molecule has 0 saturated heterocycles. The summed E-state index contributed by atoms with van der Waals surface area (Å²) in [6, 6.07) is 21.3. The highest BCUT2D eigenvalue weighted by Crippen LogP contribution is 2.41. The average molecular weight is 521 g/mol. The molecule has 0 amide bonds. The number of carbonyl (C=O) groups is 1. The molecule has 1 atom stereocenters. The smallest absolute Gasteiger partial charge is 0.305 e. The van der Waals surface area contributed by atoms with Crippen LogP contribution in [0.25, 0.3) is 5.57 Å². The lowest BCUT2D eigenvalue weighted by Crippen LogP contribution is -2.41. The first kappa shape index (κ1) is 30.8. The molecule has 0 fully saturated rings. The Balaban J connectivity index is 2.08. The van der Waals surface area contributed by atoms with Crippen molar-refractivity contribution in [2.45, 2.75) is 96.4 Å². The Morgan fingerprint density at radius 2 is 1.46 bits per heavy atom. The zero-order valence-corrected chi connectivity index (χ0v) is 25.0. The van der Waals surface area contributed by atoms with Crippen molar-refractivity contribution in [2.75, 3.05) is 7.11 Å². The molecule has 37 heavy (non-hydrogen) atoms. The van der Waals surface area contributed by atoms with E-state index in [0.717, 1.165) is 25.7 Å². The van der Waals surface area contributed by atoms with Gasteiger partial charge in [0.25, 0.3) is 0 Å². The predicted octanol–water partition coefficient (Wildman–Crippen LogP) is 9.68. The SMILES string of the molecule is COC(=O)CCCCCCC/C=C/C/C(=C/C(O[Si](C)(C)C(C)(C)C)c1ccccc1)c1ccccc1. The fourth-order valence-corrected chi connectivity index (χ4v) is 5.14. The standard InChI is InChI=1S/C33H48O3Si/c1-33(2,3)37(5,6)36-31(29-23-18-14-19-24-29)27-30(28-21-16-13-17-22-28)25-15-11-9-7-8-10-12-20-26-32(34)35-4/h11,13-19,21-24,27,31H,7-10,12,20,25-26H2,1-6H3/b15-11+,30-27-. The number of hydrogen-bond donors (Lipinski definition) is 0. The lowest BCUT2D eigenvalue weighted by atomic mass is 9.98. The summed E-state index contributed by atoms with van der Waals surface area (Å²) in [5.74, 6) is -0.102. The largest absolute Gasteiger partial charge is 0.469 e. The second kappa shape index (κ2) is 15.7. The summed E-state index contributed by atoms with van der Waals surface area (Å²) in [4.78, 5) is 11.2. The molecular weight excluding hydrogens is 472 g/mol. The molecule has 0 saturated carbocycles. The number of allylic oxidation sites excluding steroid dienone is 3. The zero-order valence-electron chi connectivity index (χ0n) is 24.0. The topological polar surface area (TPSA) is 35.5 Å². The summed E-state index contributed by atoms with van der Waals surface area (Å²) in [6.45, 7) is 11.5. The third-order valence-electron chi connectivity index (χ3n) is 7.34. The van der Waals surface area contributed by atoms with Crippen LogP contribution in [0.5, 0.6) is 0 Å². The number of benzene rings is 2. The fraction of sp³-hybridized carbons (Fsp3) is 0.485. The van der Waals surface area contributed by atoms with E-state index in [9.17, 15) is 4.79 Å². The predicted molar refractivity (Wildman–Crippen MR) is 160 cm³/mol. The van der Waals surface area contributed by atoms with Gasteiger partial charge in [-0.1, -0.05) is 113 Å². The van der Waals surface area contributed by atoms with Gasteiger partial charge in [-0.25, -0.2) is 0 Å². The molecule has 0 N–H and O–H groups in total. The minimum Gasteiger partial charge on any atom is -0.469 e. The third kappa shape index (κ3) is 11.2. The van der Waals surface area contributed by atoms with Crippen molar-refractivity contribution in [3.63, 3.8) is 0 Å². The fourth-order valence-electron chi connectivity index (χ4n) is 3.94. The minimum absolute atomic E-state index is 0.0734. The summed E-state index contributed by atoms with van der Waals surface area (Å²) < 4.78 is 11.7. The molecule has 4 heteroatoms. The maximum Gasteiger partial charge on any atom is 0.305 e. The van der Waals surface area contributed by atoms with Gasteiger partial charge < -0.3 is 9.16 Å². The molecule has 3 nitrogen and oxygen atoms in total. The van der Waals surface area contributed by atoms with Gasteiger partial charge in [0, 0.05) is 6.42 Å². The maximum atomic E-state index is 11.2. The van der Waals surface area contributed by atoms with Crippen molar-refractivity contribution in [2.24, 2.45) is 0 Å². The highest BCUT2D eigenvalue weighted by molar-refractivity contribution is 6.74. The zero-order chi connectivity index (χ0) is 27.2. The molecular formula is C33H48O3Si. The third-order valence-corrected chi connectivity index (χ3v) is 11.8. The Kier molecular flexibility index (Phi) is 13.1. The van der Waals surface area contributed by atoms with Gasteiger partial charge in [-0.15, -0.1) is 0 Å². The number of rotatable bonds is 15. The lowest BCUT2D eigenvalue weighted by Gasteiger charge is -2.39. The number of esters is 1. The van der Waals surface area contributed by atoms with E-state index in [1.54, 1.807) is 0 Å². The second-order valence-electron chi connectivity index (χ2n) is 11.3. The van der Waals surface area contributed by atoms with Crippen LogP contribution in [-0.4, -0.2) is 21.4 Å². The molecule has 2 rings (SSSR count). The molecule has 0 aliphatic heterocycles. The van der Waals surface area contributed by atoms with Crippen LogP contribution in [0.2, 0.25) is 18.1 Å². The second-order valence-corrected chi connectivity index (χ2v) is 16.1. The van der Waals surface area contributed by atoms with Crippen LogP contribution in [0.3, 0.4) is 0 Å². The van der Waals surface area contributed by atoms with Crippen molar-refractivity contribution in [3.05, 3.63) is 90.0 Å². The maximum absolute atomic E-state index is 11.2. The van der Waals surface area contributed by atoms with E-state index in [4.69, 9.17) is 9.16 Å². The minimum atomic E-state index is -1.98. The quantitative estimate of drug-likeness (QED) is 0.101. The number of ether oxygens (including phenoxy) is 1. The van der Waals surface area contributed by atoms with E-state index in [1.165, 1.54) is 43.1 Å². The van der Waals surface area contributed by atoms with Crippen molar-refractivity contribution >= 4 is 19.9 Å². The van der Waals surface area contributed by atoms with Crippen molar-refractivity contribution < 1.29 is 14.0 Å². The van der Waals surface area contributed by atoms with Gasteiger partial charge in [0.05, 0.1) is 13.2 Å². The molecule has 1 unspecified atom stereocenters. The van der Waals surface area contributed by atoms with E-state index in [1.807, 2.05) is 0 Å².